The van der Waals surface area contributed by atoms with Gasteiger partial charge in [0, 0.05) is 19.3 Å². The fourth-order valence-electron chi connectivity index (χ4n) is 4.36. The number of fused-ring (bicyclic) bond motifs is 1. The molecule has 2 atom stereocenters. The average molecular weight is 417 g/mol. The van der Waals surface area contributed by atoms with E-state index in [1.807, 2.05) is 0 Å². The minimum Gasteiger partial charge on any atom is -0.624 e. The molecule has 2 N–H and O–H groups in total. The van der Waals surface area contributed by atoms with Crippen LogP contribution < -0.4 is 15.4 Å². The Morgan fingerprint density at radius 2 is 1.90 bits per heavy atom. The van der Waals surface area contributed by atoms with Crippen LogP contribution in [0.3, 0.4) is 0 Å². The molecule has 0 radical (unpaired) electrons. The number of piperidine rings is 2. The standard InChI is InChI=1S/C21H27N3O6/c25-19-6-5-17(20(26)23-19)24(28)13-16-15(21(24)27)3-1-4-18(16)30-12-2-11-29-14-7-9-22-10-8-14/h1,3-4,14,17,22H,2,5-13H2,(H,23,25,26). The molecular formula is C21H27N3O6. The molecule has 4 rings (SSSR count). The number of hydrogen-bond donors (Lipinski definition) is 2. The summed E-state index contributed by atoms with van der Waals surface area (Å²) in [6.45, 7) is 2.80. The Bertz CT molecular complexity index is 838. The van der Waals surface area contributed by atoms with E-state index >= 15 is 0 Å². The van der Waals surface area contributed by atoms with Crippen molar-refractivity contribution in [2.75, 3.05) is 26.3 Å². The number of nitrogens with one attached hydrogen (secondary N) is 2. The number of benzene rings is 1. The van der Waals surface area contributed by atoms with Crippen molar-refractivity contribution in [3.63, 3.8) is 0 Å². The molecule has 1 aromatic rings. The first kappa shape index (κ1) is 20.9. The molecule has 0 saturated carbocycles. The first-order valence-corrected chi connectivity index (χ1v) is 10.5. The monoisotopic (exact) mass is 417 g/mol. The van der Waals surface area contributed by atoms with Crippen molar-refractivity contribution in [1.82, 2.24) is 10.6 Å². The molecular weight excluding hydrogens is 390 g/mol. The van der Waals surface area contributed by atoms with Crippen molar-refractivity contribution in [2.24, 2.45) is 0 Å². The lowest BCUT2D eigenvalue weighted by atomic mass is 10.0. The molecule has 3 amide bonds. The summed E-state index contributed by atoms with van der Waals surface area (Å²) in [4.78, 5) is 36.5. The van der Waals surface area contributed by atoms with Gasteiger partial charge >= 0.3 is 5.91 Å². The van der Waals surface area contributed by atoms with Gasteiger partial charge in [0.05, 0.1) is 30.4 Å². The minimum atomic E-state index is -1.30. The maximum absolute atomic E-state index is 13.4. The van der Waals surface area contributed by atoms with Crippen LogP contribution in [-0.2, 0) is 20.9 Å². The molecule has 2 saturated heterocycles. The molecule has 0 spiro atoms. The second-order valence-corrected chi connectivity index (χ2v) is 8.03. The predicted octanol–water partition coefficient (Wildman–Crippen LogP) is 0.998. The zero-order valence-electron chi connectivity index (χ0n) is 16.9. The van der Waals surface area contributed by atoms with E-state index in [-0.39, 0.29) is 31.1 Å². The van der Waals surface area contributed by atoms with Gasteiger partial charge in [-0.2, -0.15) is 0 Å². The van der Waals surface area contributed by atoms with Crippen LogP contribution in [0.1, 0.15) is 48.0 Å². The quantitative estimate of drug-likeness (QED) is 0.294. The number of hydroxylamine groups is 3. The number of quaternary nitrogens is 1. The zero-order valence-corrected chi connectivity index (χ0v) is 16.9. The van der Waals surface area contributed by atoms with Gasteiger partial charge in [-0.25, -0.2) is 4.79 Å². The number of imide groups is 1. The number of nitrogens with zero attached hydrogens (tertiary/aromatic N) is 1. The number of carbonyl (C=O) groups excluding carboxylic acids is 3. The molecule has 1 aromatic carbocycles. The first-order chi connectivity index (χ1) is 14.5. The van der Waals surface area contributed by atoms with Crippen LogP contribution in [0.2, 0.25) is 0 Å². The summed E-state index contributed by atoms with van der Waals surface area (Å²) in [5.41, 5.74) is 0.819. The van der Waals surface area contributed by atoms with Crippen molar-refractivity contribution in [3.8, 4) is 5.75 Å². The molecule has 0 aromatic heterocycles. The number of carbonyl (C=O) groups is 3. The summed E-state index contributed by atoms with van der Waals surface area (Å²) in [5.74, 6) is -1.26. The van der Waals surface area contributed by atoms with E-state index in [2.05, 4.69) is 10.6 Å². The summed E-state index contributed by atoms with van der Waals surface area (Å²) in [5, 5.41) is 18.9. The number of ether oxygens (including phenoxy) is 2. The Labute approximate surface area is 174 Å². The summed E-state index contributed by atoms with van der Waals surface area (Å²) in [6.07, 6.45) is 3.14. The Hall–Kier alpha value is -2.33. The summed E-state index contributed by atoms with van der Waals surface area (Å²) >= 11 is 0. The number of hydrogen-bond acceptors (Lipinski definition) is 7. The lowest BCUT2D eigenvalue weighted by molar-refractivity contribution is -0.825. The van der Waals surface area contributed by atoms with Crippen molar-refractivity contribution in [1.29, 1.82) is 0 Å². The van der Waals surface area contributed by atoms with E-state index < -0.39 is 28.4 Å². The topological polar surface area (TPSA) is 117 Å². The molecule has 3 aliphatic heterocycles. The van der Waals surface area contributed by atoms with Gasteiger partial charge in [-0.1, -0.05) is 6.07 Å². The summed E-state index contributed by atoms with van der Waals surface area (Å²) in [7, 11) is 0. The molecule has 2 unspecified atom stereocenters. The average Bonchev–Trinajstić information content (AvgIpc) is 3.00. The molecule has 3 aliphatic rings. The van der Waals surface area contributed by atoms with E-state index in [1.54, 1.807) is 18.2 Å². The van der Waals surface area contributed by atoms with Crippen LogP contribution in [0, 0.1) is 5.21 Å². The first-order valence-electron chi connectivity index (χ1n) is 10.5. The maximum atomic E-state index is 13.4. The lowest BCUT2D eigenvalue weighted by Gasteiger charge is -2.42. The second-order valence-electron chi connectivity index (χ2n) is 8.03. The third-order valence-electron chi connectivity index (χ3n) is 6.00. The zero-order chi connectivity index (χ0) is 21.1. The van der Waals surface area contributed by atoms with Crippen LogP contribution >= 0.6 is 0 Å². The van der Waals surface area contributed by atoms with Crippen LogP contribution in [0.25, 0.3) is 0 Å². The Kier molecular flexibility index (Phi) is 6.14. The van der Waals surface area contributed by atoms with Crippen molar-refractivity contribution >= 4 is 17.7 Å². The van der Waals surface area contributed by atoms with Crippen LogP contribution in [0.15, 0.2) is 18.2 Å². The van der Waals surface area contributed by atoms with Crippen molar-refractivity contribution < 1.29 is 28.5 Å². The SMILES string of the molecule is O=C1CCC([N+]2([O-])Cc3c(OCCCOC4CCNCC4)cccc3C2=O)C(=O)N1. The lowest BCUT2D eigenvalue weighted by Crippen LogP contribution is -2.60. The van der Waals surface area contributed by atoms with E-state index in [0.717, 1.165) is 25.9 Å². The van der Waals surface area contributed by atoms with Gasteiger partial charge in [0.1, 0.15) is 12.3 Å². The van der Waals surface area contributed by atoms with Gasteiger partial charge < -0.3 is 20.0 Å². The van der Waals surface area contributed by atoms with Crippen LogP contribution in [0.5, 0.6) is 5.75 Å². The van der Waals surface area contributed by atoms with Crippen LogP contribution in [0.4, 0.5) is 0 Å². The third kappa shape index (κ3) is 4.11. The van der Waals surface area contributed by atoms with Gasteiger partial charge in [0.25, 0.3) is 5.91 Å². The molecule has 0 aliphatic carbocycles. The Balaban J connectivity index is 1.37. The van der Waals surface area contributed by atoms with E-state index in [0.29, 0.717) is 30.9 Å². The van der Waals surface area contributed by atoms with Gasteiger partial charge in [-0.3, -0.25) is 19.6 Å². The van der Waals surface area contributed by atoms with Gasteiger partial charge in [0.15, 0.2) is 6.04 Å². The maximum Gasteiger partial charge on any atom is 0.347 e. The summed E-state index contributed by atoms with van der Waals surface area (Å²) < 4.78 is 10.4. The third-order valence-corrected chi connectivity index (χ3v) is 6.00. The van der Waals surface area contributed by atoms with Gasteiger partial charge in [0.2, 0.25) is 5.91 Å². The Morgan fingerprint density at radius 3 is 2.67 bits per heavy atom. The normalized spacial score (nSPS) is 27.1. The minimum absolute atomic E-state index is 0.0582. The van der Waals surface area contributed by atoms with E-state index in [9.17, 15) is 19.6 Å². The highest BCUT2D eigenvalue weighted by Gasteiger charge is 2.50. The Morgan fingerprint density at radius 1 is 1.10 bits per heavy atom. The van der Waals surface area contributed by atoms with Gasteiger partial charge in [-0.05, 0) is 38.1 Å². The molecule has 3 heterocycles. The van der Waals surface area contributed by atoms with Crippen molar-refractivity contribution in [2.45, 2.75) is 50.8 Å². The molecule has 162 valence electrons. The molecule has 30 heavy (non-hydrogen) atoms. The predicted molar refractivity (Wildman–Crippen MR) is 106 cm³/mol. The number of rotatable bonds is 7. The molecule has 0 bridgehead atoms. The highest BCUT2D eigenvalue weighted by molar-refractivity contribution is 6.02. The van der Waals surface area contributed by atoms with Gasteiger partial charge in [-0.15, -0.1) is 0 Å². The number of amides is 3. The van der Waals surface area contributed by atoms with Crippen molar-refractivity contribution in [3.05, 3.63) is 34.5 Å². The fourth-order valence-corrected chi connectivity index (χ4v) is 4.36. The second kappa shape index (κ2) is 8.81. The fraction of sp³-hybridized carbons (Fsp3) is 0.571. The molecule has 9 heteroatoms. The summed E-state index contributed by atoms with van der Waals surface area (Å²) in [6, 6.07) is 3.89. The highest BCUT2D eigenvalue weighted by atomic mass is 16.6. The van der Waals surface area contributed by atoms with E-state index in [1.165, 1.54) is 0 Å². The molecule has 2 fully saturated rings. The smallest absolute Gasteiger partial charge is 0.347 e. The highest BCUT2D eigenvalue weighted by Crippen LogP contribution is 2.38. The van der Waals surface area contributed by atoms with Crippen LogP contribution in [-0.4, -0.2) is 60.8 Å². The largest absolute Gasteiger partial charge is 0.624 e. The molecule has 9 nitrogen and oxygen atoms in total. The van der Waals surface area contributed by atoms with E-state index in [4.69, 9.17) is 9.47 Å².